The van der Waals surface area contributed by atoms with Gasteiger partial charge in [-0.25, -0.2) is 0 Å². The Morgan fingerprint density at radius 3 is 3.08 bits per heavy atom. The van der Waals surface area contributed by atoms with E-state index in [1.54, 1.807) is 7.05 Å². The number of hydrogen-bond acceptors (Lipinski definition) is 1. The number of aromatic amines is 1. The Labute approximate surface area is 70.9 Å². The second kappa shape index (κ2) is 2.81. The highest BCUT2D eigenvalue weighted by Gasteiger charge is 1.93. The van der Waals surface area contributed by atoms with Crippen molar-refractivity contribution in [2.24, 2.45) is 4.99 Å². The summed E-state index contributed by atoms with van der Waals surface area (Å²) in [7, 11) is 1.78. The summed E-state index contributed by atoms with van der Waals surface area (Å²) in [5, 5.41) is 1.24. The van der Waals surface area contributed by atoms with Gasteiger partial charge in [0.1, 0.15) is 0 Å². The van der Waals surface area contributed by atoms with Crippen LogP contribution in [0.4, 0.5) is 0 Å². The molecule has 2 nitrogen and oxygen atoms in total. The zero-order valence-electron chi connectivity index (χ0n) is 6.91. The fraction of sp³-hybridized carbons (Fsp3) is 0.100. The third-order valence-electron chi connectivity index (χ3n) is 1.86. The summed E-state index contributed by atoms with van der Waals surface area (Å²) in [5.41, 5.74) is 2.29. The van der Waals surface area contributed by atoms with Gasteiger partial charge >= 0.3 is 0 Å². The van der Waals surface area contributed by atoms with Crippen LogP contribution >= 0.6 is 0 Å². The number of H-pyrrole nitrogens is 1. The van der Waals surface area contributed by atoms with E-state index in [9.17, 15) is 0 Å². The van der Waals surface area contributed by atoms with Gasteiger partial charge in [0, 0.05) is 25.0 Å². The first-order valence-corrected chi connectivity index (χ1v) is 3.89. The van der Waals surface area contributed by atoms with E-state index >= 15 is 0 Å². The zero-order chi connectivity index (χ0) is 8.39. The van der Waals surface area contributed by atoms with Gasteiger partial charge in [-0.05, 0) is 23.1 Å². The predicted molar refractivity (Wildman–Crippen MR) is 51.8 cm³/mol. The van der Waals surface area contributed by atoms with Crippen LogP contribution in [-0.2, 0) is 0 Å². The number of aromatic nitrogens is 1. The highest BCUT2D eigenvalue weighted by Crippen LogP contribution is 2.12. The van der Waals surface area contributed by atoms with Crippen LogP contribution in [0.2, 0.25) is 0 Å². The van der Waals surface area contributed by atoms with Gasteiger partial charge < -0.3 is 4.98 Å². The van der Waals surface area contributed by atoms with Gasteiger partial charge in [0.15, 0.2) is 0 Å². The van der Waals surface area contributed by atoms with Crippen molar-refractivity contribution < 1.29 is 0 Å². The van der Waals surface area contributed by atoms with Crippen LogP contribution in [0.15, 0.2) is 35.5 Å². The second-order valence-electron chi connectivity index (χ2n) is 2.71. The van der Waals surface area contributed by atoms with Gasteiger partial charge in [0.2, 0.25) is 0 Å². The summed E-state index contributed by atoms with van der Waals surface area (Å²) in [4.78, 5) is 7.11. The number of rotatable bonds is 1. The average Bonchev–Trinajstić information content (AvgIpc) is 2.51. The van der Waals surface area contributed by atoms with Gasteiger partial charge in [-0.3, -0.25) is 4.99 Å². The van der Waals surface area contributed by atoms with Crippen molar-refractivity contribution in [3.05, 3.63) is 36.0 Å². The number of aliphatic imine (C=N–C) groups is 1. The first kappa shape index (κ1) is 7.10. The van der Waals surface area contributed by atoms with Gasteiger partial charge in [0.25, 0.3) is 0 Å². The first-order valence-electron chi connectivity index (χ1n) is 3.89. The monoisotopic (exact) mass is 158 g/mol. The highest BCUT2D eigenvalue weighted by atomic mass is 14.7. The fourth-order valence-electron chi connectivity index (χ4n) is 1.29. The molecule has 0 atom stereocenters. The van der Waals surface area contributed by atoms with Crippen LogP contribution in [0.1, 0.15) is 5.56 Å². The third kappa shape index (κ3) is 1.11. The first-order chi connectivity index (χ1) is 5.90. The minimum absolute atomic E-state index is 1.13. The molecule has 2 aromatic rings. The molecular formula is C10H10N2. The standard InChI is InChI=1S/C10H10N2/c1-11-7-8-2-3-9-4-5-12-10(9)6-8/h2-7,12H,1H3. The normalized spacial score (nSPS) is 11.4. The summed E-state index contributed by atoms with van der Waals surface area (Å²) in [6.45, 7) is 0. The summed E-state index contributed by atoms with van der Waals surface area (Å²) < 4.78 is 0. The molecule has 0 aliphatic rings. The maximum absolute atomic E-state index is 3.96. The van der Waals surface area contributed by atoms with E-state index in [-0.39, 0.29) is 0 Å². The van der Waals surface area contributed by atoms with Crippen molar-refractivity contribution in [1.29, 1.82) is 0 Å². The van der Waals surface area contributed by atoms with Crippen molar-refractivity contribution in [3.63, 3.8) is 0 Å². The molecule has 0 aliphatic carbocycles. The van der Waals surface area contributed by atoms with Crippen LogP contribution in [0.25, 0.3) is 10.9 Å². The fourth-order valence-corrected chi connectivity index (χ4v) is 1.29. The number of nitrogens with zero attached hydrogens (tertiary/aromatic N) is 1. The predicted octanol–water partition coefficient (Wildman–Crippen LogP) is 2.22. The van der Waals surface area contributed by atoms with Gasteiger partial charge in [-0.2, -0.15) is 0 Å². The van der Waals surface area contributed by atoms with E-state index in [1.807, 2.05) is 12.4 Å². The molecular weight excluding hydrogens is 148 g/mol. The molecule has 0 fully saturated rings. The van der Waals surface area contributed by atoms with Gasteiger partial charge in [-0.15, -0.1) is 0 Å². The number of nitrogens with one attached hydrogen (secondary N) is 1. The molecule has 0 aliphatic heterocycles. The molecule has 0 saturated heterocycles. The molecule has 1 heterocycles. The lowest BCUT2D eigenvalue weighted by molar-refractivity contribution is 1.45. The van der Waals surface area contributed by atoms with Crippen LogP contribution in [0.5, 0.6) is 0 Å². The van der Waals surface area contributed by atoms with E-state index in [0.717, 1.165) is 11.1 Å². The van der Waals surface area contributed by atoms with Crippen LogP contribution in [0.3, 0.4) is 0 Å². The van der Waals surface area contributed by atoms with Crippen LogP contribution in [-0.4, -0.2) is 18.2 Å². The lowest BCUT2D eigenvalue weighted by Crippen LogP contribution is -1.79. The van der Waals surface area contributed by atoms with E-state index < -0.39 is 0 Å². The quantitative estimate of drug-likeness (QED) is 0.616. The minimum atomic E-state index is 1.13. The highest BCUT2D eigenvalue weighted by molar-refractivity contribution is 5.88. The maximum Gasteiger partial charge on any atom is 0.0460 e. The Morgan fingerprint density at radius 2 is 2.25 bits per heavy atom. The number of benzene rings is 1. The van der Waals surface area contributed by atoms with Gasteiger partial charge in [0.05, 0.1) is 0 Å². The molecule has 1 N–H and O–H groups in total. The van der Waals surface area contributed by atoms with Crippen molar-refractivity contribution >= 4 is 17.1 Å². The molecule has 0 saturated carbocycles. The van der Waals surface area contributed by atoms with Crippen molar-refractivity contribution in [2.45, 2.75) is 0 Å². The number of hydrogen-bond donors (Lipinski definition) is 1. The number of fused-ring (bicyclic) bond motifs is 1. The minimum Gasteiger partial charge on any atom is -0.361 e. The molecule has 0 unspecified atom stereocenters. The van der Waals surface area contributed by atoms with E-state index in [1.165, 1.54) is 5.39 Å². The summed E-state index contributed by atoms with van der Waals surface area (Å²) in [5.74, 6) is 0. The Morgan fingerprint density at radius 1 is 1.33 bits per heavy atom. The molecule has 0 radical (unpaired) electrons. The van der Waals surface area contributed by atoms with E-state index in [4.69, 9.17) is 0 Å². The maximum atomic E-state index is 3.96. The lowest BCUT2D eigenvalue weighted by atomic mass is 10.2. The van der Waals surface area contributed by atoms with E-state index in [0.29, 0.717) is 0 Å². The Hall–Kier alpha value is -1.57. The van der Waals surface area contributed by atoms with Gasteiger partial charge in [-0.1, -0.05) is 12.1 Å². The summed E-state index contributed by atoms with van der Waals surface area (Å²) in [6, 6.07) is 8.29. The van der Waals surface area contributed by atoms with Crippen molar-refractivity contribution in [2.75, 3.05) is 7.05 Å². The molecule has 12 heavy (non-hydrogen) atoms. The van der Waals surface area contributed by atoms with Crippen molar-refractivity contribution in [3.8, 4) is 0 Å². The average molecular weight is 158 g/mol. The summed E-state index contributed by atoms with van der Waals surface area (Å²) in [6.07, 6.45) is 3.79. The SMILES string of the molecule is CN=Cc1ccc2cc[nH]c2c1. The topological polar surface area (TPSA) is 28.1 Å². The molecule has 2 heteroatoms. The Kier molecular flexibility index (Phi) is 1.67. The van der Waals surface area contributed by atoms with E-state index in [2.05, 4.69) is 34.2 Å². The second-order valence-corrected chi connectivity index (χ2v) is 2.71. The molecule has 0 amide bonds. The molecule has 1 aromatic carbocycles. The Bertz CT molecular complexity index is 412. The third-order valence-corrected chi connectivity index (χ3v) is 1.86. The van der Waals surface area contributed by atoms with Crippen molar-refractivity contribution in [1.82, 2.24) is 4.98 Å². The molecule has 1 aromatic heterocycles. The Balaban J connectivity index is 2.60. The smallest absolute Gasteiger partial charge is 0.0460 e. The molecule has 0 bridgehead atoms. The van der Waals surface area contributed by atoms with Crippen LogP contribution < -0.4 is 0 Å². The zero-order valence-corrected chi connectivity index (χ0v) is 6.91. The molecule has 0 spiro atoms. The summed E-state index contributed by atoms with van der Waals surface area (Å²) >= 11 is 0. The largest absolute Gasteiger partial charge is 0.361 e. The molecule has 60 valence electrons. The van der Waals surface area contributed by atoms with Crippen LogP contribution in [0, 0.1) is 0 Å². The molecule has 2 rings (SSSR count). The lowest BCUT2D eigenvalue weighted by Gasteiger charge is -1.92.